The first-order valence-electron chi connectivity index (χ1n) is 9.66. The van der Waals surface area contributed by atoms with Crippen molar-refractivity contribution in [1.82, 2.24) is 9.80 Å². The summed E-state index contributed by atoms with van der Waals surface area (Å²) in [5.41, 5.74) is 2.69. The molecule has 0 radical (unpaired) electrons. The Labute approximate surface area is 185 Å². The van der Waals surface area contributed by atoms with Crippen molar-refractivity contribution in [2.24, 2.45) is 0 Å². The number of rotatable bonds is 6. The van der Waals surface area contributed by atoms with Crippen molar-refractivity contribution in [1.29, 1.82) is 0 Å². The molecule has 0 aliphatic carbocycles. The van der Waals surface area contributed by atoms with Gasteiger partial charge in [-0.15, -0.1) is 11.6 Å². The predicted octanol–water partition coefficient (Wildman–Crippen LogP) is 3.65. The minimum Gasteiger partial charge on any atom is -0.336 e. The fourth-order valence-corrected chi connectivity index (χ4v) is 3.80. The van der Waals surface area contributed by atoms with Crippen LogP contribution in [0.15, 0.2) is 53.0 Å². The zero-order valence-electron chi connectivity index (χ0n) is 16.5. The standard InChI is InChI=1S/C22H25BrClN3O2/c1-25(21(28)16-24)20-8-4-18(5-9-20)22(29)27-14-12-26(13-15-27)11-10-17-2-6-19(23)7-3-17/h2-9H,10-16H2,1H3. The Hall–Kier alpha value is -1.89. The van der Waals surface area contributed by atoms with Gasteiger partial charge in [0.15, 0.2) is 0 Å². The molecule has 2 aromatic rings. The Balaban J connectivity index is 1.49. The first-order valence-corrected chi connectivity index (χ1v) is 11.0. The first kappa shape index (κ1) is 21.8. The molecule has 3 rings (SSSR count). The minimum atomic E-state index is -0.176. The Morgan fingerprint density at radius 3 is 2.21 bits per heavy atom. The number of hydrogen-bond acceptors (Lipinski definition) is 3. The van der Waals surface area contributed by atoms with E-state index >= 15 is 0 Å². The van der Waals surface area contributed by atoms with E-state index in [1.807, 2.05) is 4.90 Å². The summed E-state index contributed by atoms with van der Waals surface area (Å²) in [5.74, 6) is -0.205. The monoisotopic (exact) mass is 477 g/mol. The van der Waals surface area contributed by atoms with E-state index in [9.17, 15) is 9.59 Å². The number of alkyl halides is 1. The Morgan fingerprint density at radius 2 is 1.62 bits per heavy atom. The molecule has 0 bridgehead atoms. The number of amides is 2. The highest BCUT2D eigenvalue weighted by atomic mass is 79.9. The minimum absolute atomic E-state index is 0.0374. The van der Waals surface area contributed by atoms with Crippen molar-refractivity contribution >= 4 is 45.0 Å². The van der Waals surface area contributed by atoms with Crippen LogP contribution in [0.3, 0.4) is 0 Å². The second kappa shape index (κ2) is 10.2. The number of anilines is 1. The molecule has 5 nitrogen and oxygen atoms in total. The third-order valence-corrected chi connectivity index (χ3v) is 6.04. The molecule has 1 heterocycles. The number of hydrogen-bond donors (Lipinski definition) is 0. The Morgan fingerprint density at radius 1 is 1.00 bits per heavy atom. The van der Waals surface area contributed by atoms with Crippen molar-refractivity contribution in [3.8, 4) is 0 Å². The van der Waals surface area contributed by atoms with Gasteiger partial charge in [-0.1, -0.05) is 28.1 Å². The van der Waals surface area contributed by atoms with Gasteiger partial charge < -0.3 is 9.80 Å². The van der Waals surface area contributed by atoms with Crippen LogP contribution in [0, 0.1) is 0 Å². The Kier molecular flexibility index (Phi) is 7.70. The molecule has 0 unspecified atom stereocenters. The van der Waals surface area contributed by atoms with Gasteiger partial charge in [0.2, 0.25) is 5.91 Å². The summed E-state index contributed by atoms with van der Waals surface area (Å²) < 4.78 is 1.10. The zero-order chi connectivity index (χ0) is 20.8. The highest BCUT2D eigenvalue weighted by molar-refractivity contribution is 9.10. The van der Waals surface area contributed by atoms with Crippen LogP contribution >= 0.6 is 27.5 Å². The lowest BCUT2D eigenvalue weighted by Crippen LogP contribution is -2.49. The second-order valence-electron chi connectivity index (χ2n) is 7.14. The maximum absolute atomic E-state index is 12.8. The summed E-state index contributed by atoms with van der Waals surface area (Å²) in [6, 6.07) is 15.5. The van der Waals surface area contributed by atoms with E-state index in [2.05, 4.69) is 45.1 Å². The lowest BCUT2D eigenvalue weighted by molar-refractivity contribution is -0.116. The quantitative estimate of drug-likeness (QED) is 0.595. The molecule has 0 atom stereocenters. The van der Waals surface area contributed by atoms with Crippen molar-refractivity contribution in [3.63, 3.8) is 0 Å². The molecule has 154 valence electrons. The second-order valence-corrected chi connectivity index (χ2v) is 8.33. The summed E-state index contributed by atoms with van der Waals surface area (Å²) in [6.45, 7) is 4.22. The number of nitrogens with zero attached hydrogens (tertiary/aromatic N) is 3. The maximum Gasteiger partial charge on any atom is 0.253 e. The maximum atomic E-state index is 12.8. The fraction of sp³-hybridized carbons (Fsp3) is 0.364. The van der Waals surface area contributed by atoms with Crippen molar-refractivity contribution < 1.29 is 9.59 Å². The van der Waals surface area contributed by atoms with Gasteiger partial charge in [-0.25, -0.2) is 0 Å². The predicted molar refractivity (Wildman–Crippen MR) is 121 cm³/mol. The zero-order valence-corrected chi connectivity index (χ0v) is 18.8. The summed E-state index contributed by atoms with van der Waals surface area (Å²) in [7, 11) is 1.68. The van der Waals surface area contributed by atoms with E-state index in [-0.39, 0.29) is 17.7 Å². The normalized spacial score (nSPS) is 14.7. The first-order chi connectivity index (χ1) is 14.0. The van der Waals surface area contributed by atoms with Gasteiger partial charge in [0.25, 0.3) is 5.91 Å². The molecule has 0 aromatic heterocycles. The van der Waals surface area contributed by atoms with Crippen LogP contribution in [0.1, 0.15) is 15.9 Å². The number of benzene rings is 2. The smallest absolute Gasteiger partial charge is 0.253 e. The largest absolute Gasteiger partial charge is 0.336 e. The number of carbonyl (C=O) groups is 2. The molecule has 7 heteroatoms. The van der Waals surface area contributed by atoms with Gasteiger partial charge in [0, 0.05) is 55.5 Å². The van der Waals surface area contributed by atoms with Gasteiger partial charge in [0.05, 0.1) is 0 Å². The average Bonchev–Trinajstić information content (AvgIpc) is 2.77. The fourth-order valence-electron chi connectivity index (χ4n) is 3.36. The molecule has 1 aliphatic heterocycles. The third kappa shape index (κ3) is 5.81. The summed E-state index contributed by atoms with van der Waals surface area (Å²) in [4.78, 5) is 30.3. The molecule has 1 saturated heterocycles. The topological polar surface area (TPSA) is 43.9 Å². The molecule has 0 saturated carbocycles. The molecule has 0 N–H and O–H groups in total. The molecule has 1 aliphatic rings. The van der Waals surface area contributed by atoms with Gasteiger partial charge in [-0.05, 0) is 48.4 Å². The van der Waals surface area contributed by atoms with Crippen molar-refractivity contribution in [2.45, 2.75) is 6.42 Å². The third-order valence-electron chi connectivity index (χ3n) is 5.28. The average molecular weight is 479 g/mol. The molecular weight excluding hydrogens is 454 g/mol. The molecule has 2 amide bonds. The molecule has 29 heavy (non-hydrogen) atoms. The van der Waals surface area contributed by atoms with Crippen LogP contribution < -0.4 is 4.90 Å². The SMILES string of the molecule is CN(C(=O)CCl)c1ccc(C(=O)N2CCN(CCc3ccc(Br)cc3)CC2)cc1. The highest BCUT2D eigenvalue weighted by Gasteiger charge is 2.22. The van der Waals surface area contributed by atoms with Crippen LogP contribution in [0.25, 0.3) is 0 Å². The molecule has 0 spiro atoms. The van der Waals surface area contributed by atoms with Crippen LogP contribution in [-0.2, 0) is 11.2 Å². The van der Waals surface area contributed by atoms with Gasteiger partial charge in [0.1, 0.15) is 5.88 Å². The number of halogens is 2. The molecular formula is C22H25BrClN3O2. The number of piperazine rings is 1. The van der Waals surface area contributed by atoms with E-state index < -0.39 is 0 Å². The van der Waals surface area contributed by atoms with E-state index in [1.165, 1.54) is 10.5 Å². The number of carbonyl (C=O) groups excluding carboxylic acids is 2. The van der Waals surface area contributed by atoms with Crippen LogP contribution in [0.2, 0.25) is 0 Å². The van der Waals surface area contributed by atoms with Crippen molar-refractivity contribution in [3.05, 3.63) is 64.1 Å². The summed E-state index contributed by atoms with van der Waals surface area (Å²) >= 11 is 9.06. The van der Waals surface area contributed by atoms with Crippen LogP contribution in [0.5, 0.6) is 0 Å². The van der Waals surface area contributed by atoms with E-state index in [0.29, 0.717) is 5.56 Å². The van der Waals surface area contributed by atoms with Gasteiger partial charge >= 0.3 is 0 Å². The lowest BCUT2D eigenvalue weighted by Gasteiger charge is -2.34. The molecule has 1 fully saturated rings. The molecule has 2 aromatic carbocycles. The van der Waals surface area contributed by atoms with Crippen molar-refractivity contribution in [2.75, 3.05) is 50.6 Å². The Bertz CT molecular complexity index is 834. The lowest BCUT2D eigenvalue weighted by atomic mass is 10.1. The summed E-state index contributed by atoms with van der Waals surface area (Å²) in [5, 5.41) is 0. The van der Waals surface area contributed by atoms with Crippen LogP contribution in [-0.4, -0.2) is 67.3 Å². The summed E-state index contributed by atoms with van der Waals surface area (Å²) in [6.07, 6.45) is 1.01. The van der Waals surface area contributed by atoms with E-state index in [4.69, 9.17) is 11.6 Å². The van der Waals surface area contributed by atoms with Gasteiger partial charge in [-0.2, -0.15) is 0 Å². The van der Waals surface area contributed by atoms with E-state index in [1.54, 1.807) is 31.3 Å². The highest BCUT2D eigenvalue weighted by Crippen LogP contribution is 2.17. The van der Waals surface area contributed by atoms with E-state index in [0.717, 1.165) is 49.3 Å². The van der Waals surface area contributed by atoms with Gasteiger partial charge in [-0.3, -0.25) is 14.5 Å². The van der Waals surface area contributed by atoms with Crippen LogP contribution in [0.4, 0.5) is 5.69 Å².